The lowest BCUT2D eigenvalue weighted by Crippen LogP contribution is -2.48. The Morgan fingerprint density at radius 2 is 1.72 bits per heavy atom. The van der Waals surface area contributed by atoms with Gasteiger partial charge in [0.25, 0.3) is 10.0 Å². The molecule has 2 aromatic carbocycles. The molecule has 0 radical (unpaired) electrons. The molecule has 32 heavy (non-hydrogen) atoms. The Hall–Kier alpha value is -3.13. The number of imide groups is 1. The molecule has 2 amide bonds. The van der Waals surface area contributed by atoms with Gasteiger partial charge >= 0.3 is 0 Å². The van der Waals surface area contributed by atoms with Crippen molar-refractivity contribution in [3.63, 3.8) is 0 Å². The van der Waals surface area contributed by atoms with E-state index < -0.39 is 27.9 Å². The standard InChI is InChI=1S/C24H24N2O5S/c1-4-25-23(27)17-13-19(31-3)20-16-7-5-6-8-18(16)26(22(20)21(17)24(25)28)32(29,30)15-11-9-14(2)10-12-15/h5-12,17,21-22H,4,13H2,1-3H3. The van der Waals surface area contributed by atoms with Crippen molar-refractivity contribution in [3.8, 4) is 0 Å². The first-order valence-electron chi connectivity index (χ1n) is 10.6. The van der Waals surface area contributed by atoms with Gasteiger partial charge in [0.1, 0.15) is 5.76 Å². The molecule has 8 heteroatoms. The molecule has 1 aliphatic carbocycles. The Balaban J connectivity index is 1.76. The fourth-order valence-corrected chi connectivity index (χ4v) is 6.92. The molecule has 0 saturated carbocycles. The zero-order valence-corrected chi connectivity index (χ0v) is 18.9. The Labute approximate surface area is 187 Å². The number of aryl methyl sites for hydroxylation is 1. The molecule has 5 rings (SSSR count). The maximum absolute atomic E-state index is 13.9. The number of anilines is 1. The number of hydrogen-bond donors (Lipinski definition) is 0. The van der Waals surface area contributed by atoms with Crippen LogP contribution in [0.25, 0.3) is 5.57 Å². The third-order valence-electron chi connectivity index (χ3n) is 6.73. The van der Waals surface area contributed by atoms with Gasteiger partial charge in [-0.3, -0.25) is 18.8 Å². The number of para-hydroxylation sites is 1. The molecule has 3 atom stereocenters. The predicted octanol–water partition coefficient (Wildman–Crippen LogP) is 2.95. The zero-order valence-electron chi connectivity index (χ0n) is 18.1. The van der Waals surface area contributed by atoms with Gasteiger partial charge in [0.15, 0.2) is 0 Å². The number of carbonyl (C=O) groups excluding carboxylic acids is 2. The van der Waals surface area contributed by atoms with E-state index in [1.165, 1.54) is 16.3 Å². The van der Waals surface area contributed by atoms with Crippen molar-refractivity contribution >= 4 is 33.1 Å². The van der Waals surface area contributed by atoms with Gasteiger partial charge in [-0.1, -0.05) is 35.9 Å². The molecule has 166 valence electrons. The smallest absolute Gasteiger partial charge is 0.264 e. The number of carbonyl (C=O) groups is 2. The first kappa shape index (κ1) is 20.8. The molecule has 1 fully saturated rings. The van der Waals surface area contributed by atoms with Crippen molar-refractivity contribution in [1.29, 1.82) is 0 Å². The van der Waals surface area contributed by atoms with Crippen molar-refractivity contribution in [2.24, 2.45) is 11.8 Å². The quantitative estimate of drug-likeness (QED) is 0.666. The highest BCUT2D eigenvalue weighted by Crippen LogP contribution is 2.54. The predicted molar refractivity (Wildman–Crippen MR) is 119 cm³/mol. The van der Waals surface area contributed by atoms with Crippen LogP contribution in [0.1, 0.15) is 24.5 Å². The second kappa shape index (κ2) is 7.20. The lowest BCUT2D eigenvalue weighted by molar-refractivity contribution is -0.139. The molecule has 1 saturated heterocycles. The van der Waals surface area contributed by atoms with Crippen LogP contribution in [0.2, 0.25) is 0 Å². The molecule has 0 aromatic heterocycles. The number of ether oxygens (including phenoxy) is 1. The van der Waals surface area contributed by atoms with Gasteiger partial charge in [0.2, 0.25) is 11.8 Å². The van der Waals surface area contributed by atoms with E-state index in [9.17, 15) is 18.0 Å². The summed E-state index contributed by atoms with van der Waals surface area (Å²) in [5, 5.41) is 0. The minimum absolute atomic E-state index is 0.143. The average molecular weight is 453 g/mol. The minimum Gasteiger partial charge on any atom is -0.501 e. The molecular weight excluding hydrogens is 428 g/mol. The second-order valence-electron chi connectivity index (χ2n) is 8.37. The van der Waals surface area contributed by atoms with Crippen LogP contribution in [0, 0.1) is 18.8 Å². The summed E-state index contributed by atoms with van der Waals surface area (Å²) in [4.78, 5) is 27.8. The van der Waals surface area contributed by atoms with Crippen molar-refractivity contribution in [1.82, 2.24) is 4.90 Å². The molecule has 7 nitrogen and oxygen atoms in total. The lowest BCUT2D eigenvalue weighted by Gasteiger charge is -2.36. The normalized spacial score (nSPS) is 24.5. The number of likely N-dealkylation sites (tertiary alicyclic amines) is 1. The lowest BCUT2D eigenvalue weighted by atomic mass is 9.76. The number of nitrogens with zero attached hydrogens (tertiary/aromatic N) is 2. The summed E-state index contributed by atoms with van der Waals surface area (Å²) in [7, 11) is -2.49. The van der Waals surface area contributed by atoms with Crippen LogP contribution in [0.15, 0.2) is 59.2 Å². The maximum atomic E-state index is 13.9. The van der Waals surface area contributed by atoms with Crippen LogP contribution < -0.4 is 4.31 Å². The van der Waals surface area contributed by atoms with Gasteiger partial charge < -0.3 is 4.74 Å². The highest BCUT2D eigenvalue weighted by molar-refractivity contribution is 7.93. The number of amides is 2. The van der Waals surface area contributed by atoms with Crippen molar-refractivity contribution in [3.05, 3.63) is 65.4 Å². The molecule has 2 aliphatic heterocycles. The van der Waals surface area contributed by atoms with Crippen LogP contribution in [0.5, 0.6) is 0 Å². The molecule has 2 heterocycles. The first-order chi connectivity index (χ1) is 15.3. The molecule has 0 bridgehead atoms. The van der Waals surface area contributed by atoms with Crippen LogP contribution in [0.3, 0.4) is 0 Å². The molecule has 3 aliphatic rings. The zero-order chi connectivity index (χ0) is 22.8. The highest BCUT2D eigenvalue weighted by atomic mass is 32.2. The summed E-state index contributed by atoms with van der Waals surface area (Å²) in [6, 6.07) is 13.0. The van der Waals surface area contributed by atoms with Gasteiger partial charge in [-0.25, -0.2) is 8.42 Å². The number of hydrogen-bond acceptors (Lipinski definition) is 5. The fraction of sp³-hybridized carbons (Fsp3) is 0.333. The summed E-state index contributed by atoms with van der Waals surface area (Å²) < 4.78 is 34.9. The van der Waals surface area contributed by atoms with Crippen LogP contribution in [0.4, 0.5) is 5.69 Å². The van der Waals surface area contributed by atoms with E-state index in [4.69, 9.17) is 4.74 Å². The SMILES string of the molecule is CCN1C(=O)C2CC(OC)=C3c4ccccc4N(S(=O)(=O)c4ccc(C)cc4)C3C2C1=O. The summed E-state index contributed by atoms with van der Waals surface area (Å²) in [5.41, 5.74) is 2.84. The average Bonchev–Trinajstić information content (AvgIpc) is 3.25. The number of sulfonamides is 1. The molecule has 0 spiro atoms. The van der Waals surface area contributed by atoms with Gasteiger partial charge in [-0.2, -0.15) is 0 Å². The monoisotopic (exact) mass is 452 g/mol. The number of benzene rings is 2. The largest absolute Gasteiger partial charge is 0.501 e. The Morgan fingerprint density at radius 3 is 2.38 bits per heavy atom. The summed E-state index contributed by atoms with van der Waals surface area (Å²) in [5.74, 6) is -1.46. The molecular formula is C24H24N2O5S. The van der Waals surface area contributed by atoms with Gasteiger partial charge in [0.05, 0.1) is 35.6 Å². The number of allylic oxidation sites excluding steroid dienone is 1. The van der Waals surface area contributed by atoms with Gasteiger partial charge in [0, 0.05) is 24.1 Å². The van der Waals surface area contributed by atoms with Crippen LogP contribution in [-0.2, 0) is 24.3 Å². The van der Waals surface area contributed by atoms with Gasteiger partial charge in [-0.15, -0.1) is 0 Å². The number of fused-ring (bicyclic) bond motifs is 5. The maximum Gasteiger partial charge on any atom is 0.264 e. The first-order valence-corrected chi connectivity index (χ1v) is 12.1. The third-order valence-corrected chi connectivity index (χ3v) is 8.54. The van der Waals surface area contributed by atoms with E-state index in [1.807, 2.05) is 19.1 Å². The van der Waals surface area contributed by atoms with E-state index in [1.54, 1.807) is 43.3 Å². The summed E-state index contributed by atoms with van der Waals surface area (Å²) >= 11 is 0. The van der Waals surface area contributed by atoms with Crippen LogP contribution >= 0.6 is 0 Å². The van der Waals surface area contributed by atoms with E-state index in [0.717, 1.165) is 11.1 Å². The van der Waals surface area contributed by atoms with E-state index in [0.29, 0.717) is 17.0 Å². The van der Waals surface area contributed by atoms with Gasteiger partial charge in [-0.05, 0) is 32.0 Å². The summed E-state index contributed by atoms with van der Waals surface area (Å²) in [6.07, 6.45) is 0.279. The number of methoxy groups -OCH3 is 1. The van der Waals surface area contributed by atoms with Crippen molar-refractivity contribution in [2.45, 2.75) is 31.2 Å². The van der Waals surface area contributed by atoms with E-state index in [2.05, 4.69) is 0 Å². The fourth-order valence-electron chi connectivity index (χ4n) is 5.26. The van der Waals surface area contributed by atoms with E-state index >= 15 is 0 Å². The van der Waals surface area contributed by atoms with E-state index in [-0.39, 0.29) is 29.7 Å². The Kier molecular flexibility index (Phi) is 4.67. The highest BCUT2D eigenvalue weighted by Gasteiger charge is 2.60. The minimum atomic E-state index is -4.01. The topological polar surface area (TPSA) is 84.0 Å². The Bertz CT molecular complexity index is 1270. The molecule has 0 N–H and O–H groups in total. The van der Waals surface area contributed by atoms with Crippen molar-refractivity contribution < 1.29 is 22.7 Å². The third kappa shape index (κ3) is 2.68. The second-order valence-corrected chi connectivity index (χ2v) is 10.2. The Morgan fingerprint density at radius 1 is 1.03 bits per heavy atom. The molecule has 2 aromatic rings. The number of rotatable bonds is 4. The summed E-state index contributed by atoms with van der Waals surface area (Å²) in [6.45, 7) is 3.90. The van der Waals surface area contributed by atoms with Crippen molar-refractivity contribution in [2.75, 3.05) is 18.0 Å². The molecule has 3 unspecified atom stereocenters. The van der Waals surface area contributed by atoms with Crippen LogP contribution in [-0.4, -0.2) is 44.8 Å².